The van der Waals surface area contributed by atoms with Crippen molar-refractivity contribution in [1.82, 2.24) is 19.6 Å². The topological polar surface area (TPSA) is 70.5 Å². The molecule has 1 aliphatic carbocycles. The number of para-hydroxylation sites is 1. The molecule has 178 valence electrons. The van der Waals surface area contributed by atoms with Gasteiger partial charge in [-0.2, -0.15) is 5.10 Å². The zero-order chi connectivity index (χ0) is 23.4. The number of carbonyl (C=O) groups excluding carboxylic acids is 2. The zero-order valence-electron chi connectivity index (χ0n) is 20.2. The molecule has 7 heteroatoms. The fourth-order valence-corrected chi connectivity index (χ4v) is 4.72. The largest absolute Gasteiger partial charge is 0.340 e. The monoisotopic (exact) mass is 451 g/mol. The Morgan fingerprint density at radius 1 is 1.00 bits per heavy atom. The summed E-state index contributed by atoms with van der Waals surface area (Å²) in [5.74, 6) is 1.16. The van der Waals surface area contributed by atoms with Crippen LogP contribution in [-0.4, -0.2) is 64.1 Å². The summed E-state index contributed by atoms with van der Waals surface area (Å²) in [6, 6.07) is 11.8. The fourth-order valence-electron chi connectivity index (χ4n) is 4.72. The molecule has 0 unspecified atom stereocenters. The lowest BCUT2D eigenvalue weighted by atomic mass is 9.88. The molecule has 33 heavy (non-hydrogen) atoms. The molecule has 2 fully saturated rings. The van der Waals surface area contributed by atoms with Gasteiger partial charge < -0.3 is 10.2 Å². The van der Waals surface area contributed by atoms with Crippen molar-refractivity contribution in [3.05, 3.63) is 42.1 Å². The number of aromatic nitrogens is 2. The van der Waals surface area contributed by atoms with Crippen LogP contribution >= 0.6 is 0 Å². The number of nitrogens with one attached hydrogen (secondary N) is 1. The number of carbonyl (C=O) groups is 2. The van der Waals surface area contributed by atoms with Gasteiger partial charge in [0.2, 0.25) is 11.8 Å². The molecule has 0 atom stereocenters. The summed E-state index contributed by atoms with van der Waals surface area (Å²) in [4.78, 5) is 29.8. The summed E-state index contributed by atoms with van der Waals surface area (Å²) in [5, 5.41) is 7.84. The van der Waals surface area contributed by atoms with Crippen LogP contribution in [0.4, 0.5) is 5.82 Å². The van der Waals surface area contributed by atoms with E-state index in [4.69, 9.17) is 5.10 Å². The first-order valence-corrected chi connectivity index (χ1v) is 12.3. The molecule has 2 aliphatic rings. The highest BCUT2D eigenvalue weighted by molar-refractivity contribution is 5.92. The van der Waals surface area contributed by atoms with Crippen molar-refractivity contribution in [1.29, 1.82) is 0 Å². The molecule has 0 spiro atoms. The minimum Gasteiger partial charge on any atom is -0.340 e. The molecule has 2 amide bonds. The van der Waals surface area contributed by atoms with E-state index in [2.05, 4.69) is 31.0 Å². The summed E-state index contributed by atoms with van der Waals surface area (Å²) < 4.78 is 1.80. The molecule has 0 bridgehead atoms. The smallest absolute Gasteiger partial charge is 0.239 e. The average molecular weight is 452 g/mol. The number of rotatable bonds is 5. The summed E-state index contributed by atoms with van der Waals surface area (Å²) in [5.41, 5.74) is 1.72. The predicted octanol–water partition coefficient (Wildman–Crippen LogP) is 3.83. The SMILES string of the molecule is CC(C)(C)c1cc(NC(=O)CN2CCN(C(=O)C3CCCCC3)CC2)n(-c2ccccc2)n1. The first-order valence-electron chi connectivity index (χ1n) is 12.3. The molecular weight excluding hydrogens is 414 g/mol. The lowest BCUT2D eigenvalue weighted by molar-refractivity contribution is -0.138. The van der Waals surface area contributed by atoms with E-state index >= 15 is 0 Å². The highest BCUT2D eigenvalue weighted by Gasteiger charge is 2.29. The van der Waals surface area contributed by atoms with Crippen LogP contribution in [0.1, 0.15) is 58.6 Å². The van der Waals surface area contributed by atoms with Gasteiger partial charge in [-0.25, -0.2) is 4.68 Å². The van der Waals surface area contributed by atoms with E-state index in [0.29, 0.717) is 31.4 Å². The summed E-state index contributed by atoms with van der Waals surface area (Å²) in [6.07, 6.45) is 5.67. The normalized spacial score (nSPS) is 18.3. The van der Waals surface area contributed by atoms with E-state index < -0.39 is 0 Å². The number of piperazine rings is 1. The highest BCUT2D eigenvalue weighted by atomic mass is 16.2. The maximum atomic E-state index is 12.9. The van der Waals surface area contributed by atoms with E-state index in [1.165, 1.54) is 19.3 Å². The lowest BCUT2D eigenvalue weighted by Gasteiger charge is -2.36. The van der Waals surface area contributed by atoms with Gasteiger partial charge in [0.15, 0.2) is 0 Å². The maximum absolute atomic E-state index is 12.9. The standard InChI is InChI=1S/C26H37N5O2/c1-26(2,3)22-18-23(31(28-22)21-12-8-5-9-13-21)27-24(32)19-29-14-16-30(17-15-29)25(33)20-10-6-4-7-11-20/h5,8-9,12-13,18,20H,4,6-7,10-11,14-17,19H2,1-3H3,(H,27,32). The van der Waals surface area contributed by atoms with Crippen molar-refractivity contribution in [3.8, 4) is 5.69 Å². The molecule has 1 N–H and O–H groups in total. The fraction of sp³-hybridized carbons (Fsp3) is 0.577. The summed E-state index contributed by atoms with van der Waals surface area (Å²) in [7, 11) is 0. The third kappa shape index (κ3) is 5.82. The first kappa shape index (κ1) is 23.5. The Balaban J connectivity index is 1.35. The van der Waals surface area contributed by atoms with E-state index in [9.17, 15) is 9.59 Å². The molecule has 4 rings (SSSR count). The van der Waals surface area contributed by atoms with Crippen LogP contribution in [0.15, 0.2) is 36.4 Å². The highest BCUT2D eigenvalue weighted by Crippen LogP contribution is 2.27. The summed E-state index contributed by atoms with van der Waals surface area (Å²) in [6.45, 7) is 9.54. The Bertz CT molecular complexity index is 949. The van der Waals surface area contributed by atoms with Crippen molar-refractivity contribution in [2.75, 3.05) is 38.0 Å². The van der Waals surface area contributed by atoms with Crippen LogP contribution in [0.5, 0.6) is 0 Å². The Hall–Kier alpha value is -2.67. The van der Waals surface area contributed by atoms with Crippen LogP contribution < -0.4 is 5.32 Å². The van der Waals surface area contributed by atoms with Crippen LogP contribution in [0.25, 0.3) is 5.69 Å². The second-order valence-electron chi connectivity index (χ2n) is 10.4. The number of amides is 2. The number of hydrogen-bond acceptors (Lipinski definition) is 4. The Kier molecular flexibility index (Phi) is 7.17. The molecule has 1 saturated carbocycles. The van der Waals surface area contributed by atoms with Crippen LogP contribution in [0, 0.1) is 5.92 Å². The second kappa shape index (κ2) is 10.1. The van der Waals surface area contributed by atoms with E-state index in [1.807, 2.05) is 41.3 Å². The number of hydrogen-bond donors (Lipinski definition) is 1. The predicted molar refractivity (Wildman–Crippen MR) is 130 cm³/mol. The number of benzene rings is 1. The van der Waals surface area contributed by atoms with Crippen LogP contribution in [0.2, 0.25) is 0 Å². The third-order valence-electron chi connectivity index (χ3n) is 6.75. The molecule has 1 saturated heterocycles. The zero-order valence-corrected chi connectivity index (χ0v) is 20.2. The molecule has 2 aromatic rings. The maximum Gasteiger partial charge on any atom is 0.239 e. The quantitative estimate of drug-likeness (QED) is 0.750. The van der Waals surface area contributed by atoms with Crippen molar-refractivity contribution in [2.45, 2.75) is 58.3 Å². The molecule has 1 aliphatic heterocycles. The number of anilines is 1. The van der Waals surface area contributed by atoms with Gasteiger partial charge in [0.05, 0.1) is 17.9 Å². The summed E-state index contributed by atoms with van der Waals surface area (Å²) >= 11 is 0. The Morgan fingerprint density at radius 2 is 1.67 bits per heavy atom. The van der Waals surface area contributed by atoms with Crippen LogP contribution in [0.3, 0.4) is 0 Å². The van der Waals surface area contributed by atoms with Crippen molar-refractivity contribution in [3.63, 3.8) is 0 Å². The molecule has 0 radical (unpaired) electrons. The Labute approximate surface area is 197 Å². The van der Waals surface area contributed by atoms with Gasteiger partial charge in [-0.1, -0.05) is 58.2 Å². The number of nitrogens with zero attached hydrogens (tertiary/aromatic N) is 4. The van der Waals surface area contributed by atoms with E-state index in [0.717, 1.165) is 37.3 Å². The molecule has 1 aromatic carbocycles. The van der Waals surface area contributed by atoms with Gasteiger partial charge in [0.1, 0.15) is 5.82 Å². The molecular formula is C26H37N5O2. The average Bonchev–Trinajstić information content (AvgIpc) is 3.24. The lowest BCUT2D eigenvalue weighted by Crippen LogP contribution is -2.52. The minimum atomic E-state index is -0.124. The van der Waals surface area contributed by atoms with Gasteiger partial charge in [-0.3, -0.25) is 14.5 Å². The Morgan fingerprint density at radius 3 is 2.30 bits per heavy atom. The molecule has 2 heterocycles. The molecule has 7 nitrogen and oxygen atoms in total. The minimum absolute atomic E-state index is 0.0559. The van der Waals surface area contributed by atoms with Crippen molar-refractivity contribution in [2.24, 2.45) is 5.92 Å². The molecule has 1 aromatic heterocycles. The van der Waals surface area contributed by atoms with Crippen LogP contribution in [-0.2, 0) is 15.0 Å². The van der Waals surface area contributed by atoms with E-state index in [1.54, 1.807) is 4.68 Å². The van der Waals surface area contributed by atoms with Gasteiger partial charge in [0.25, 0.3) is 0 Å². The van der Waals surface area contributed by atoms with Gasteiger partial charge in [0, 0.05) is 43.6 Å². The first-order chi connectivity index (χ1) is 15.8. The van der Waals surface area contributed by atoms with Gasteiger partial charge in [-0.05, 0) is 25.0 Å². The second-order valence-corrected chi connectivity index (χ2v) is 10.4. The van der Waals surface area contributed by atoms with E-state index in [-0.39, 0.29) is 17.2 Å². The third-order valence-corrected chi connectivity index (χ3v) is 6.75. The van der Waals surface area contributed by atoms with Crippen molar-refractivity contribution >= 4 is 17.6 Å². The van der Waals surface area contributed by atoms with Gasteiger partial charge >= 0.3 is 0 Å². The van der Waals surface area contributed by atoms with Crippen molar-refractivity contribution < 1.29 is 9.59 Å². The van der Waals surface area contributed by atoms with Gasteiger partial charge in [-0.15, -0.1) is 0 Å².